The maximum Gasteiger partial charge on any atom is 0.275 e. The first-order chi connectivity index (χ1) is 14.0. The van der Waals surface area contributed by atoms with Gasteiger partial charge < -0.3 is 9.52 Å². The summed E-state index contributed by atoms with van der Waals surface area (Å²) in [5, 5.41) is 16.7. The average molecular weight is 425 g/mol. The van der Waals surface area contributed by atoms with Gasteiger partial charge in [-0.25, -0.2) is 5.43 Å². The summed E-state index contributed by atoms with van der Waals surface area (Å²) in [6.45, 7) is 0. The molecule has 0 unspecified atom stereocenters. The smallest absolute Gasteiger partial charge is 0.275 e. The standard InChI is InChI=1S/C22H14Cl2N2O3/c23-15-5-7-17(19(24)11-15)21-8-6-16(29-21)12-25-26-22(28)18-9-13-3-1-2-4-14(13)10-20(18)27/h1-12,27H,(H,26,28)/b25-12-. The molecule has 29 heavy (non-hydrogen) atoms. The number of phenols is 1. The van der Waals surface area contributed by atoms with Crippen LogP contribution in [0.5, 0.6) is 5.75 Å². The first-order valence-electron chi connectivity index (χ1n) is 8.62. The van der Waals surface area contributed by atoms with Crippen molar-refractivity contribution in [2.75, 3.05) is 0 Å². The number of aromatic hydroxyl groups is 1. The van der Waals surface area contributed by atoms with E-state index in [1.54, 1.807) is 42.5 Å². The fraction of sp³-hybridized carbons (Fsp3) is 0. The number of hydrogen-bond acceptors (Lipinski definition) is 4. The van der Waals surface area contributed by atoms with Crippen molar-refractivity contribution in [1.29, 1.82) is 0 Å². The number of amides is 1. The van der Waals surface area contributed by atoms with Gasteiger partial charge >= 0.3 is 0 Å². The number of halogens is 2. The zero-order valence-electron chi connectivity index (χ0n) is 14.9. The van der Waals surface area contributed by atoms with Gasteiger partial charge in [0.25, 0.3) is 5.91 Å². The zero-order valence-corrected chi connectivity index (χ0v) is 16.4. The third-order valence-corrected chi connectivity index (χ3v) is 4.84. The minimum Gasteiger partial charge on any atom is -0.507 e. The molecule has 5 nitrogen and oxygen atoms in total. The number of phenolic OH excluding ortho intramolecular Hbond substituents is 1. The number of rotatable bonds is 4. The summed E-state index contributed by atoms with van der Waals surface area (Å²) in [4.78, 5) is 12.4. The monoisotopic (exact) mass is 424 g/mol. The molecule has 0 aliphatic carbocycles. The molecule has 144 valence electrons. The number of carbonyl (C=O) groups excluding carboxylic acids is 1. The molecule has 2 N–H and O–H groups in total. The number of hydrazone groups is 1. The van der Waals surface area contributed by atoms with Crippen LogP contribution in [0.3, 0.4) is 0 Å². The van der Waals surface area contributed by atoms with Gasteiger partial charge in [-0.3, -0.25) is 4.79 Å². The Bertz CT molecular complexity index is 1250. The van der Waals surface area contributed by atoms with Crippen LogP contribution in [0.25, 0.3) is 22.1 Å². The molecular weight excluding hydrogens is 411 g/mol. The van der Waals surface area contributed by atoms with Crippen molar-refractivity contribution in [2.24, 2.45) is 5.10 Å². The predicted molar refractivity (Wildman–Crippen MR) is 115 cm³/mol. The second kappa shape index (κ2) is 7.99. The molecule has 3 aromatic carbocycles. The van der Waals surface area contributed by atoms with Gasteiger partial charge in [-0.05, 0) is 53.2 Å². The first-order valence-corrected chi connectivity index (χ1v) is 9.37. The van der Waals surface area contributed by atoms with E-state index in [1.807, 2.05) is 24.3 Å². The summed E-state index contributed by atoms with van der Waals surface area (Å²) >= 11 is 12.1. The average Bonchev–Trinajstić information content (AvgIpc) is 3.16. The zero-order chi connectivity index (χ0) is 20.4. The third kappa shape index (κ3) is 4.11. The molecule has 0 fully saturated rings. The number of carbonyl (C=O) groups is 1. The topological polar surface area (TPSA) is 74.8 Å². The molecule has 0 saturated heterocycles. The number of nitrogens with zero attached hydrogens (tertiary/aromatic N) is 1. The van der Waals surface area contributed by atoms with Gasteiger partial charge in [0.2, 0.25) is 0 Å². The third-order valence-electron chi connectivity index (χ3n) is 4.29. The van der Waals surface area contributed by atoms with E-state index in [-0.39, 0.29) is 11.3 Å². The summed E-state index contributed by atoms with van der Waals surface area (Å²) < 4.78 is 5.68. The fourth-order valence-corrected chi connectivity index (χ4v) is 3.38. The molecule has 0 aliphatic heterocycles. The summed E-state index contributed by atoms with van der Waals surface area (Å²) in [5.41, 5.74) is 3.22. The molecule has 0 atom stereocenters. The van der Waals surface area contributed by atoms with Crippen LogP contribution in [-0.2, 0) is 0 Å². The van der Waals surface area contributed by atoms with E-state index in [2.05, 4.69) is 10.5 Å². The van der Waals surface area contributed by atoms with Gasteiger partial charge in [-0.2, -0.15) is 5.10 Å². The Hall–Kier alpha value is -3.28. The van der Waals surface area contributed by atoms with E-state index in [9.17, 15) is 9.90 Å². The van der Waals surface area contributed by atoms with Crippen LogP contribution in [0.2, 0.25) is 10.0 Å². The van der Waals surface area contributed by atoms with Crippen LogP contribution in [0.4, 0.5) is 0 Å². The molecule has 0 radical (unpaired) electrons. The highest BCUT2D eigenvalue weighted by Gasteiger charge is 2.12. The van der Waals surface area contributed by atoms with Gasteiger partial charge in [0, 0.05) is 10.6 Å². The largest absolute Gasteiger partial charge is 0.507 e. The lowest BCUT2D eigenvalue weighted by atomic mass is 10.1. The SMILES string of the molecule is O=C(N/N=C\c1ccc(-c2ccc(Cl)cc2Cl)o1)c1cc2ccccc2cc1O. The summed E-state index contributed by atoms with van der Waals surface area (Å²) in [5.74, 6) is 0.326. The van der Waals surface area contributed by atoms with Gasteiger partial charge in [0.1, 0.15) is 17.3 Å². The number of benzene rings is 3. The van der Waals surface area contributed by atoms with E-state index in [4.69, 9.17) is 27.6 Å². The van der Waals surface area contributed by atoms with Crippen molar-refractivity contribution >= 4 is 46.1 Å². The van der Waals surface area contributed by atoms with Crippen LogP contribution in [0.15, 0.2) is 76.2 Å². The van der Waals surface area contributed by atoms with Gasteiger partial charge in [-0.15, -0.1) is 0 Å². The van der Waals surface area contributed by atoms with E-state index in [0.717, 1.165) is 10.8 Å². The van der Waals surface area contributed by atoms with Crippen LogP contribution in [-0.4, -0.2) is 17.2 Å². The van der Waals surface area contributed by atoms with Gasteiger partial charge in [-0.1, -0.05) is 47.5 Å². The number of nitrogens with one attached hydrogen (secondary N) is 1. The van der Waals surface area contributed by atoms with E-state index < -0.39 is 5.91 Å². The van der Waals surface area contributed by atoms with E-state index >= 15 is 0 Å². The molecule has 0 bridgehead atoms. The van der Waals surface area contributed by atoms with Crippen molar-refractivity contribution in [3.05, 3.63) is 88.1 Å². The van der Waals surface area contributed by atoms with Crippen molar-refractivity contribution in [3.8, 4) is 17.1 Å². The summed E-state index contributed by atoms with van der Waals surface area (Å²) in [6.07, 6.45) is 1.36. The van der Waals surface area contributed by atoms with Gasteiger partial charge in [0.05, 0.1) is 16.8 Å². The summed E-state index contributed by atoms with van der Waals surface area (Å²) in [6, 6.07) is 19.1. The molecule has 7 heteroatoms. The molecule has 1 heterocycles. The van der Waals surface area contributed by atoms with Crippen molar-refractivity contribution in [3.63, 3.8) is 0 Å². The van der Waals surface area contributed by atoms with Crippen molar-refractivity contribution in [2.45, 2.75) is 0 Å². The quantitative estimate of drug-likeness (QED) is 0.317. The normalized spacial score (nSPS) is 11.2. The Morgan fingerprint density at radius 1 is 1.00 bits per heavy atom. The molecule has 0 aliphatic rings. The van der Waals surface area contributed by atoms with Crippen LogP contribution in [0.1, 0.15) is 16.1 Å². The second-order valence-corrected chi connectivity index (χ2v) is 7.09. The lowest BCUT2D eigenvalue weighted by Crippen LogP contribution is -2.17. The fourth-order valence-electron chi connectivity index (χ4n) is 2.88. The minimum atomic E-state index is -0.531. The Morgan fingerprint density at radius 3 is 2.52 bits per heavy atom. The van der Waals surface area contributed by atoms with Crippen molar-refractivity contribution in [1.82, 2.24) is 5.43 Å². The van der Waals surface area contributed by atoms with Crippen LogP contribution in [0, 0.1) is 0 Å². The van der Waals surface area contributed by atoms with Crippen LogP contribution < -0.4 is 5.43 Å². The molecular formula is C22H14Cl2N2O3. The Balaban J connectivity index is 1.49. The van der Waals surface area contributed by atoms with Crippen LogP contribution >= 0.6 is 23.2 Å². The molecule has 0 saturated carbocycles. The molecule has 0 spiro atoms. The van der Waals surface area contributed by atoms with E-state index in [1.165, 1.54) is 6.21 Å². The molecule has 1 aromatic heterocycles. The number of furan rings is 1. The lowest BCUT2D eigenvalue weighted by Gasteiger charge is -2.05. The minimum absolute atomic E-state index is 0.117. The van der Waals surface area contributed by atoms with Gasteiger partial charge in [0.15, 0.2) is 0 Å². The first kappa shape index (κ1) is 19.1. The Labute approximate surface area is 176 Å². The Kier molecular flexibility index (Phi) is 5.25. The highest BCUT2D eigenvalue weighted by Crippen LogP contribution is 2.31. The van der Waals surface area contributed by atoms with Crippen molar-refractivity contribution < 1.29 is 14.3 Å². The second-order valence-electron chi connectivity index (χ2n) is 6.24. The highest BCUT2D eigenvalue weighted by molar-refractivity contribution is 6.36. The predicted octanol–water partition coefficient (Wildman–Crippen LogP) is 5.88. The molecule has 1 amide bonds. The summed E-state index contributed by atoms with van der Waals surface area (Å²) in [7, 11) is 0. The molecule has 4 aromatic rings. The van der Waals surface area contributed by atoms with E-state index in [0.29, 0.717) is 27.1 Å². The Morgan fingerprint density at radius 2 is 1.76 bits per heavy atom. The lowest BCUT2D eigenvalue weighted by molar-refractivity contribution is 0.0952. The highest BCUT2D eigenvalue weighted by atomic mass is 35.5. The number of fused-ring (bicyclic) bond motifs is 1. The molecule has 4 rings (SSSR count). The maximum absolute atomic E-state index is 12.4. The number of hydrogen-bond donors (Lipinski definition) is 2. The maximum atomic E-state index is 12.4.